The molecule has 0 aromatic heterocycles. The quantitative estimate of drug-likeness (QED) is 0.233. The zero-order valence-electron chi connectivity index (χ0n) is 22.1. The van der Waals surface area contributed by atoms with E-state index in [0.717, 1.165) is 52.4 Å². The van der Waals surface area contributed by atoms with Gasteiger partial charge in [0.05, 0.1) is 0 Å². The molecule has 36 heavy (non-hydrogen) atoms. The lowest BCUT2D eigenvalue weighted by molar-refractivity contribution is -0.0476. The molecule has 0 aliphatic heterocycles. The van der Waals surface area contributed by atoms with E-state index in [1.54, 1.807) is 0 Å². The van der Waals surface area contributed by atoms with E-state index < -0.39 is 43.1 Å². The highest BCUT2D eigenvalue weighted by Gasteiger charge is 2.58. The Balaban J connectivity index is 0. The van der Waals surface area contributed by atoms with Crippen molar-refractivity contribution in [3.63, 3.8) is 0 Å². The molecule has 0 unspecified atom stereocenters. The van der Waals surface area contributed by atoms with Gasteiger partial charge in [0.25, 0.3) is 0 Å². The summed E-state index contributed by atoms with van der Waals surface area (Å²) in [6.07, 6.45) is 0. The van der Waals surface area contributed by atoms with Crippen molar-refractivity contribution in [1.82, 2.24) is 22.8 Å². The van der Waals surface area contributed by atoms with Crippen LogP contribution in [0, 0.1) is 0 Å². The van der Waals surface area contributed by atoms with Gasteiger partial charge in [-0.2, -0.15) is 26.3 Å². The molecule has 9 nitrogen and oxygen atoms in total. The number of alkyl halides is 6. The molecule has 0 spiro atoms. The first-order valence-electron chi connectivity index (χ1n) is 11.6. The van der Waals surface area contributed by atoms with Crippen LogP contribution in [-0.2, 0) is 20.0 Å². The largest absolute Gasteiger partial charge is 0.512 e. The van der Waals surface area contributed by atoms with Gasteiger partial charge in [0.15, 0.2) is 0 Å². The lowest BCUT2D eigenvalue weighted by Crippen LogP contribution is -2.52. The number of sulfonamides is 2. The van der Waals surface area contributed by atoms with Crippen molar-refractivity contribution in [2.45, 2.75) is 66.4 Å². The van der Waals surface area contributed by atoms with Gasteiger partial charge in [0, 0.05) is 52.4 Å². The summed E-state index contributed by atoms with van der Waals surface area (Å²) in [6.45, 7) is 27.5. The third-order valence-corrected chi connectivity index (χ3v) is 13.5. The molecule has 0 aromatic carbocycles. The first-order chi connectivity index (χ1) is 16.3. The van der Waals surface area contributed by atoms with E-state index in [-0.39, 0.29) is 0 Å². The van der Waals surface area contributed by atoms with Crippen molar-refractivity contribution in [3.05, 3.63) is 0 Å². The highest BCUT2D eigenvalue weighted by atomic mass is 32.3. The molecule has 0 saturated heterocycles. The van der Waals surface area contributed by atoms with E-state index in [0.29, 0.717) is 0 Å². The third-order valence-electron chi connectivity index (χ3n) is 5.27. The van der Waals surface area contributed by atoms with Gasteiger partial charge in [-0.05, 0) is 55.4 Å². The van der Waals surface area contributed by atoms with Gasteiger partial charge in [0.2, 0.25) is 0 Å². The Hall–Kier alpha value is -0.290. The number of halogens is 6. The maximum atomic E-state index is 11.5. The molecule has 1 N–H and O–H groups in total. The molecule has 0 fully saturated rings. The van der Waals surface area contributed by atoms with Crippen LogP contribution in [-0.4, -0.2) is 98.9 Å². The van der Waals surface area contributed by atoms with Gasteiger partial charge < -0.3 is 0 Å². The molecule has 0 atom stereocenters. The second kappa shape index (κ2) is 15.3. The maximum Gasteiger partial charge on any atom is 0.512 e. The fourth-order valence-corrected chi connectivity index (χ4v) is 10.8. The van der Waals surface area contributed by atoms with Crippen molar-refractivity contribution in [3.8, 4) is 0 Å². The zero-order valence-corrected chi connectivity index (χ0v) is 24.6. The molecule has 0 radical (unpaired) electrons. The molecule has 0 aliphatic carbocycles. The molecular formula is C18H41F6N5O4PS2+. The highest BCUT2D eigenvalue weighted by Crippen LogP contribution is 2.69. The van der Waals surface area contributed by atoms with Crippen LogP contribution in [0.4, 0.5) is 26.3 Å². The van der Waals surface area contributed by atoms with Crippen LogP contribution >= 0.6 is 7.87 Å². The minimum atomic E-state index is -6.60. The summed E-state index contributed by atoms with van der Waals surface area (Å²) in [5, 5.41) is 0. The Bertz CT molecular complexity index is 732. The van der Waals surface area contributed by atoms with E-state index in [2.05, 4.69) is 74.1 Å². The van der Waals surface area contributed by atoms with E-state index in [1.165, 1.54) is 0 Å². The second-order valence-electron chi connectivity index (χ2n) is 7.07. The smallest absolute Gasteiger partial charge is 0.202 e. The summed E-state index contributed by atoms with van der Waals surface area (Å²) >= 11 is 0. The van der Waals surface area contributed by atoms with E-state index in [4.69, 9.17) is 0 Å². The second-order valence-corrected chi connectivity index (χ2v) is 14.0. The predicted octanol–water partition coefficient (Wildman–Crippen LogP) is 4.31. The topological polar surface area (TPSA) is 93.3 Å². The molecule has 0 aromatic rings. The summed E-state index contributed by atoms with van der Waals surface area (Å²) < 4.78 is 119. The average molecular weight is 601 g/mol. The minimum Gasteiger partial charge on any atom is -0.202 e. The number of rotatable bonds is 14. The van der Waals surface area contributed by atoms with Crippen molar-refractivity contribution < 1.29 is 43.2 Å². The Morgan fingerprint density at radius 1 is 0.500 bits per heavy atom. The number of nitrogens with zero attached hydrogens (tertiary/aromatic N) is 4. The predicted molar refractivity (Wildman–Crippen MR) is 132 cm³/mol. The SMILES string of the molecule is CCN(CC)[P+](N(CC)CC)(N(CC)CC)N(CC)CC.O=S(=O)(NS(=O)(=O)C(F)(F)F)C(F)(F)F. The van der Waals surface area contributed by atoms with E-state index >= 15 is 0 Å². The lowest BCUT2D eigenvalue weighted by Gasteiger charge is -2.50. The molecule has 0 amide bonds. The summed E-state index contributed by atoms with van der Waals surface area (Å²) in [5.41, 5.74) is -12.3. The third kappa shape index (κ3) is 8.89. The normalized spacial score (nSPS) is 14.1. The Morgan fingerprint density at radius 2 is 0.667 bits per heavy atom. The Morgan fingerprint density at radius 3 is 0.778 bits per heavy atom. The average Bonchev–Trinajstić information content (AvgIpc) is 2.75. The molecule has 18 heteroatoms. The molecule has 0 rings (SSSR count). The van der Waals surface area contributed by atoms with Crippen molar-refractivity contribution in [2.24, 2.45) is 0 Å². The summed E-state index contributed by atoms with van der Waals surface area (Å²) in [4.78, 5) is 0. The molecule has 0 aliphatic rings. The zero-order chi connectivity index (χ0) is 29.2. The number of hydrogen-bond donors (Lipinski definition) is 1. The van der Waals surface area contributed by atoms with Gasteiger partial charge in [-0.15, -0.1) is 18.7 Å². The fourth-order valence-electron chi connectivity index (χ4n) is 3.72. The van der Waals surface area contributed by atoms with Crippen LogP contribution < -0.4 is 4.13 Å². The van der Waals surface area contributed by atoms with Gasteiger partial charge in [-0.3, -0.25) is 0 Å². The maximum absolute atomic E-state index is 11.5. The van der Waals surface area contributed by atoms with Gasteiger partial charge in [-0.25, -0.2) is 16.8 Å². The van der Waals surface area contributed by atoms with Crippen molar-refractivity contribution >= 4 is 27.9 Å². The van der Waals surface area contributed by atoms with Crippen LogP contribution in [0.25, 0.3) is 0 Å². The molecular weight excluding hydrogens is 559 g/mol. The van der Waals surface area contributed by atoms with Gasteiger partial charge in [0.1, 0.15) is 0 Å². The van der Waals surface area contributed by atoms with Crippen molar-refractivity contribution in [2.75, 3.05) is 52.4 Å². The van der Waals surface area contributed by atoms with Crippen LogP contribution in [0.15, 0.2) is 0 Å². The van der Waals surface area contributed by atoms with E-state index in [1.807, 2.05) is 0 Å². The Labute approximate surface area is 212 Å². The lowest BCUT2D eigenvalue weighted by atomic mass is 10.6. The fraction of sp³-hybridized carbons (Fsp3) is 1.00. The van der Waals surface area contributed by atoms with Crippen molar-refractivity contribution in [1.29, 1.82) is 0 Å². The van der Waals surface area contributed by atoms with Crippen LogP contribution in [0.3, 0.4) is 0 Å². The molecule has 0 bridgehead atoms. The van der Waals surface area contributed by atoms with Crippen LogP contribution in [0.1, 0.15) is 55.4 Å². The minimum absolute atomic E-state index is 0.493. The monoisotopic (exact) mass is 600 g/mol. The van der Waals surface area contributed by atoms with Crippen LogP contribution in [0.2, 0.25) is 0 Å². The Kier molecular flexibility index (Phi) is 16.1. The van der Waals surface area contributed by atoms with Crippen LogP contribution in [0.5, 0.6) is 0 Å². The standard InChI is InChI=1S/C16H40N4P.C2HF6NO4S2/c1-9-17(10-2)21(18(11-3)12-4,19(13-5)14-6)20(15-7)16-8;3-1(4,5)14(10,11)9-15(12,13)2(6,7)8/h9-16H2,1-8H3;9H/q+1;. The first-order valence-corrected chi connectivity index (χ1v) is 16.2. The highest BCUT2D eigenvalue weighted by molar-refractivity contribution is 8.05. The molecule has 0 heterocycles. The molecule has 220 valence electrons. The summed E-state index contributed by atoms with van der Waals surface area (Å²) in [6, 6.07) is 0. The summed E-state index contributed by atoms with van der Waals surface area (Å²) in [7, 11) is -14.8. The number of nitrogens with one attached hydrogen (secondary N) is 1. The van der Waals surface area contributed by atoms with Gasteiger partial charge in [-0.1, -0.05) is 4.13 Å². The molecule has 0 saturated carbocycles. The first kappa shape index (κ1) is 37.9. The van der Waals surface area contributed by atoms with E-state index in [9.17, 15) is 43.2 Å². The summed E-state index contributed by atoms with van der Waals surface area (Å²) in [5.74, 6) is 0. The number of hydrogen-bond acceptors (Lipinski definition) is 8. The van der Waals surface area contributed by atoms with Gasteiger partial charge >= 0.3 is 38.9 Å².